The van der Waals surface area contributed by atoms with Crippen molar-refractivity contribution in [2.24, 2.45) is 5.92 Å². The largest absolute Gasteiger partial charge is 0.480 e. The molecule has 1 aliphatic rings. The van der Waals surface area contributed by atoms with Crippen LogP contribution in [0.5, 0.6) is 0 Å². The lowest BCUT2D eigenvalue weighted by molar-refractivity contribution is -0.138. The topological polar surface area (TPSA) is 70.0 Å². The van der Waals surface area contributed by atoms with Gasteiger partial charge in [-0.15, -0.1) is 0 Å². The van der Waals surface area contributed by atoms with E-state index >= 15 is 0 Å². The molecule has 1 unspecified atom stereocenters. The highest BCUT2D eigenvalue weighted by Crippen LogP contribution is 2.29. The van der Waals surface area contributed by atoms with Gasteiger partial charge in [0.05, 0.1) is 19.3 Å². The Balaban J connectivity index is 2.18. The maximum absolute atomic E-state index is 10.7. The van der Waals surface area contributed by atoms with Crippen LogP contribution in [0.1, 0.15) is 32.6 Å². The average molecular weight is 259 g/mol. The standard InChI is InChI=1S/C13H25NO4/c1-2-3-6-18-10-12(15)8-14(9-13(16)17)7-11-4-5-11/h11-12,15H,2-10H2,1H3,(H,16,17). The van der Waals surface area contributed by atoms with E-state index in [0.717, 1.165) is 19.4 Å². The number of carboxylic acid groups (broad SMARTS) is 1. The predicted molar refractivity (Wildman–Crippen MR) is 68.5 cm³/mol. The Bertz CT molecular complexity index is 243. The van der Waals surface area contributed by atoms with E-state index < -0.39 is 12.1 Å². The molecule has 1 aliphatic carbocycles. The third-order valence-corrected chi connectivity index (χ3v) is 2.99. The van der Waals surface area contributed by atoms with Crippen LogP contribution in [0.4, 0.5) is 0 Å². The van der Waals surface area contributed by atoms with Gasteiger partial charge in [-0.25, -0.2) is 0 Å². The number of aliphatic hydroxyl groups is 1. The van der Waals surface area contributed by atoms with E-state index in [1.807, 2.05) is 4.90 Å². The molecule has 0 aliphatic heterocycles. The third-order valence-electron chi connectivity index (χ3n) is 2.99. The molecule has 0 heterocycles. The molecule has 0 saturated heterocycles. The first-order valence-electron chi connectivity index (χ1n) is 6.81. The summed E-state index contributed by atoms with van der Waals surface area (Å²) in [7, 11) is 0. The van der Waals surface area contributed by atoms with Crippen molar-refractivity contribution >= 4 is 5.97 Å². The summed E-state index contributed by atoms with van der Waals surface area (Å²) in [4.78, 5) is 12.6. The Hall–Kier alpha value is -0.650. The molecule has 0 bridgehead atoms. The number of carbonyl (C=O) groups is 1. The van der Waals surface area contributed by atoms with Crippen LogP contribution in [0.25, 0.3) is 0 Å². The third kappa shape index (κ3) is 7.63. The zero-order chi connectivity index (χ0) is 13.4. The fourth-order valence-electron chi connectivity index (χ4n) is 1.88. The van der Waals surface area contributed by atoms with Gasteiger partial charge in [0.2, 0.25) is 0 Å². The molecule has 18 heavy (non-hydrogen) atoms. The Morgan fingerprint density at radius 2 is 2.22 bits per heavy atom. The highest BCUT2D eigenvalue weighted by atomic mass is 16.5. The van der Waals surface area contributed by atoms with Crippen LogP contribution >= 0.6 is 0 Å². The Morgan fingerprint density at radius 1 is 1.50 bits per heavy atom. The summed E-state index contributed by atoms with van der Waals surface area (Å²) in [5.41, 5.74) is 0. The van der Waals surface area contributed by atoms with Gasteiger partial charge >= 0.3 is 5.97 Å². The number of carboxylic acids is 1. The molecule has 1 atom stereocenters. The second-order valence-corrected chi connectivity index (χ2v) is 5.11. The molecule has 1 rings (SSSR count). The number of rotatable bonds is 11. The molecular weight excluding hydrogens is 234 g/mol. The molecule has 0 aromatic carbocycles. The fraction of sp³-hybridized carbons (Fsp3) is 0.923. The van der Waals surface area contributed by atoms with Crippen LogP contribution < -0.4 is 0 Å². The molecule has 0 aromatic rings. The van der Waals surface area contributed by atoms with E-state index in [9.17, 15) is 9.90 Å². The summed E-state index contributed by atoms with van der Waals surface area (Å²) in [5, 5.41) is 18.6. The van der Waals surface area contributed by atoms with Crippen LogP contribution in [-0.2, 0) is 9.53 Å². The zero-order valence-electron chi connectivity index (χ0n) is 11.2. The number of aliphatic carboxylic acids is 1. The minimum absolute atomic E-state index is 0.00250. The average Bonchev–Trinajstić information content (AvgIpc) is 3.07. The summed E-state index contributed by atoms with van der Waals surface area (Å²) >= 11 is 0. The smallest absolute Gasteiger partial charge is 0.317 e. The number of nitrogens with zero attached hydrogens (tertiary/aromatic N) is 1. The second kappa shape index (κ2) is 8.45. The fourth-order valence-corrected chi connectivity index (χ4v) is 1.88. The minimum atomic E-state index is -0.838. The van der Waals surface area contributed by atoms with Gasteiger partial charge in [0.1, 0.15) is 0 Å². The number of unbranched alkanes of at least 4 members (excludes halogenated alkanes) is 1. The van der Waals surface area contributed by atoms with Crippen molar-refractivity contribution in [1.82, 2.24) is 4.90 Å². The molecule has 106 valence electrons. The van der Waals surface area contributed by atoms with Crippen LogP contribution in [0, 0.1) is 5.92 Å². The number of aliphatic hydroxyl groups excluding tert-OH is 1. The van der Waals surface area contributed by atoms with Crippen LogP contribution in [-0.4, -0.2) is 60.0 Å². The van der Waals surface area contributed by atoms with Gasteiger partial charge in [-0.1, -0.05) is 13.3 Å². The van der Waals surface area contributed by atoms with E-state index in [1.165, 1.54) is 12.8 Å². The maximum atomic E-state index is 10.7. The molecule has 1 fully saturated rings. The Kier molecular flexibility index (Phi) is 7.23. The van der Waals surface area contributed by atoms with Crippen molar-refractivity contribution in [2.45, 2.75) is 38.7 Å². The quantitative estimate of drug-likeness (QED) is 0.541. The van der Waals surface area contributed by atoms with E-state index in [4.69, 9.17) is 9.84 Å². The monoisotopic (exact) mass is 259 g/mol. The molecule has 1 saturated carbocycles. The van der Waals surface area contributed by atoms with Crippen molar-refractivity contribution in [1.29, 1.82) is 0 Å². The van der Waals surface area contributed by atoms with Crippen molar-refractivity contribution in [3.05, 3.63) is 0 Å². The van der Waals surface area contributed by atoms with E-state index in [2.05, 4.69) is 6.92 Å². The summed E-state index contributed by atoms with van der Waals surface area (Å²) in [6.07, 6.45) is 3.83. The first-order chi connectivity index (χ1) is 8.61. The minimum Gasteiger partial charge on any atom is -0.480 e. The number of hydrogen-bond acceptors (Lipinski definition) is 4. The maximum Gasteiger partial charge on any atom is 0.317 e. The normalized spacial score (nSPS) is 17.1. The molecule has 0 amide bonds. The first kappa shape index (κ1) is 15.4. The summed E-state index contributed by atoms with van der Waals surface area (Å²) in [6.45, 7) is 4.20. The van der Waals surface area contributed by atoms with Crippen molar-refractivity contribution in [3.8, 4) is 0 Å². The highest BCUT2D eigenvalue weighted by Gasteiger charge is 2.26. The summed E-state index contributed by atoms with van der Waals surface area (Å²) in [6, 6.07) is 0. The SMILES string of the molecule is CCCCOCC(O)CN(CC(=O)O)CC1CC1. The van der Waals surface area contributed by atoms with Crippen LogP contribution in [0.2, 0.25) is 0 Å². The van der Waals surface area contributed by atoms with Crippen LogP contribution in [0.15, 0.2) is 0 Å². The first-order valence-corrected chi connectivity index (χ1v) is 6.81. The molecule has 0 spiro atoms. The Labute approximate surface area is 109 Å². The van der Waals surface area contributed by atoms with Gasteiger partial charge < -0.3 is 14.9 Å². The van der Waals surface area contributed by atoms with Gasteiger partial charge in [-0.3, -0.25) is 9.69 Å². The molecule has 5 heteroatoms. The van der Waals surface area contributed by atoms with Gasteiger partial charge in [-0.05, 0) is 25.2 Å². The van der Waals surface area contributed by atoms with Gasteiger partial charge in [-0.2, -0.15) is 0 Å². The lowest BCUT2D eigenvalue weighted by Gasteiger charge is -2.23. The second-order valence-electron chi connectivity index (χ2n) is 5.11. The van der Waals surface area contributed by atoms with E-state index in [-0.39, 0.29) is 6.54 Å². The van der Waals surface area contributed by atoms with Crippen molar-refractivity contribution < 1.29 is 19.7 Å². The van der Waals surface area contributed by atoms with Gasteiger partial charge in [0, 0.05) is 19.7 Å². The van der Waals surface area contributed by atoms with E-state index in [0.29, 0.717) is 25.7 Å². The molecular formula is C13H25NO4. The molecule has 0 aromatic heterocycles. The number of ether oxygens (including phenoxy) is 1. The van der Waals surface area contributed by atoms with Gasteiger partial charge in [0.25, 0.3) is 0 Å². The number of hydrogen-bond donors (Lipinski definition) is 2. The molecule has 2 N–H and O–H groups in total. The lowest BCUT2D eigenvalue weighted by Crippen LogP contribution is -2.39. The summed E-state index contributed by atoms with van der Waals surface area (Å²) in [5.74, 6) is -0.215. The van der Waals surface area contributed by atoms with E-state index in [1.54, 1.807) is 0 Å². The van der Waals surface area contributed by atoms with Crippen molar-refractivity contribution in [2.75, 3.05) is 32.8 Å². The van der Waals surface area contributed by atoms with Crippen LogP contribution in [0.3, 0.4) is 0 Å². The predicted octanol–water partition coefficient (Wildman–Crippen LogP) is 0.961. The van der Waals surface area contributed by atoms with Gasteiger partial charge in [0.15, 0.2) is 0 Å². The molecule has 0 radical (unpaired) electrons. The summed E-state index contributed by atoms with van der Waals surface area (Å²) < 4.78 is 5.34. The highest BCUT2D eigenvalue weighted by molar-refractivity contribution is 5.69. The van der Waals surface area contributed by atoms with Crippen molar-refractivity contribution in [3.63, 3.8) is 0 Å². The zero-order valence-corrected chi connectivity index (χ0v) is 11.2. The Morgan fingerprint density at radius 3 is 2.78 bits per heavy atom. The molecule has 5 nitrogen and oxygen atoms in total. The lowest BCUT2D eigenvalue weighted by atomic mass is 10.3.